The zero-order chi connectivity index (χ0) is 54.9. The van der Waals surface area contributed by atoms with Crippen molar-refractivity contribution in [2.75, 3.05) is 32.6 Å². The third-order valence-electron chi connectivity index (χ3n) is 15.5. The lowest BCUT2D eigenvalue weighted by molar-refractivity contribution is -0.271. The van der Waals surface area contributed by atoms with Crippen molar-refractivity contribution in [1.29, 1.82) is 0 Å². The lowest BCUT2D eigenvalue weighted by atomic mass is 9.92. The lowest BCUT2D eigenvalue weighted by Crippen LogP contribution is -2.61. The summed E-state index contributed by atoms with van der Waals surface area (Å²) in [5, 5.41) is 63.2. The highest BCUT2D eigenvalue weighted by molar-refractivity contribution is 6.37. The number of aliphatic hydroxyl groups is 3. The molecule has 5 amide bonds. The zero-order valence-electron chi connectivity index (χ0n) is 42.6. The predicted octanol–water partition coefficient (Wildman–Crippen LogP) is 4.55. The number of unbranched alkanes of at least 4 members (excludes halogenated alkanes) is 2. The van der Waals surface area contributed by atoms with Gasteiger partial charge in [-0.05, 0) is 49.6 Å². The molecule has 23 nitrogen and oxygen atoms in total. The van der Waals surface area contributed by atoms with Gasteiger partial charge in [0.25, 0.3) is 11.8 Å². The number of nitrogens with zero attached hydrogens (tertiary/aromatic N) is 4. The Bertz CT molecular complexity index is 3600. The van der Waals surface area contributed by atoms with Gasteiger partial charge in [0.1, 0.15) is 43.0 Å². The number of benzene rings is 4. The van der Waals surface area contributed by atoms with Crippen LogP contribution in [-0.4, -0.2) is 155 Å². The van der Waals surface area contributed by atoms with Crippen LogP contribution >= 0.6 is 0 Å². The minimum Gasteiger partial charge on any atom is -0.494 e. The Labute approximate surface area is 443 Å². The van der Waals surface area contributed by atoms with Crippen molar-refractivity contribution >= 4 is 95.8 Å². The molecule has 4 aliphatic heterocycles. The maximum atomic E-state index is 14.5. The van der Waals surface area contributed by atoms with Crippen LogP contribution in [0.3, 0.4) is 0 Å². The average molecular weight is 1070 g/mol. The first-order chi connectivity index (χ1) is 37.5. The molecule has 8 N–H and O–H groups in total. The first kappa shape index (κ1) is 52.0. The summed E-state index contributed by atoms with van der Waals surface area (Å²) in [6.07, 6.45) is -5.89. The molecule has 0 radical (unpaired) electrons. The Hall–Kier alpha value is -8.06. The number of hydrogen-bond acceptors (Lipinski definition) is 15. The van der Waals surface area contributed by atoms with Crippen LogP contribution in [-0.2, 0) is 55.3 Å². The Kier molecular flexibility index (Phi) is 13.6. The summed E-state index contributed by atoms with van der Waals surface area (Å²) in [6.45, 7) is 1.78. The van der Waals surface area contributed by atoms with E-state index >= 15 is 0 Å². The second kappa shape index (κ2) is 20.4. The number of methoxy groups -OCH3 is 1. The minimum atomic E-state index is -1.99. The largest absolute Gasteiger partial charge is 0.494 e. The number of para-hydroxylation sites is 2. The minimum absolute atomic E-state index is 0.0390. The van der Waals surface area contributed by atoms with E-state index in [2.05, 4.69) is 24.8 Å². The van der Waals surface area contributed by atoms with E-state index in [1.54, 1.807) is 14.2 Å². The molecule has 9 atom stereocenters. The number of carbonyl (C=O) groups excluding carboxylic acids is 5. The van der Waals surface area contributed by atoms with Gasteiger partial charge in [-0.25, -0.2) is 9.59 Å². The van der Waals surface area contributed by atoms with Crippen LogP contribution in [0.5, 0.6) is 11.6 Å². The summed E-state index contributed by atoms with van der Waals surface area (Å²) >= 11 is 0. The fraction of sp³-hybridized carbons (Fsp3) is 0.382. The predicted molar refractivity (Wildman–Crippen MR) is 279 cm³/mol. The van der Waals surface area contributed by atoms with E-state index in [1.807, 2.05) is 61.7 Å². The summed E-state index contributed by atoms with van der Waals surface area (Å²) in [5.41, 5.74) is 2.51. The lowest BCUT2D eigenvalue weighted by Gasteiger charge is -2.50. The van der Waals surface area contributed by atoms with Gasteiger partial charge in [-0.2, -0.15) is 0 Å². The van der Waals surface area contributed by atoms with Gasteiger partial charge in [0, 0.05) is 91.8 Å². The number of carboxylic acids is 1. The molecule has 7 heterocycles. The molecule has 78 heavy (non-hydrogen) atoms. The first-order valence-electron chi connectivity index (χ1n) is 25.6. The molecule has 4 aliphatic rings. The molecule has 2 bridgehead atoms. The SMILES string of the molecule is COC1C(N(C)C(=O)OCc2ccc(OC3OC(C(=O)O)C(O)C(O)C3O)c(NC(=O)CCNC(=O)CCCCCN3C(=O)C=CC3=O)c2)CC2OC1(C)n1c3ccccc3c3c4c[nH]c(O)c4c4c5ccccc5n2c4c31. The average Bonchev–Trinajstić information content (AvgIpc) is 2.36. The standard InChI is InChI=1S/C55H57N7O16/c1-55-50(74-3)34(24-40(78-55)61-32-13-8-6-11-28(32)42-43-30(25-57-51(43)70)41-29-12-7-9-14-33(29)62(55)45(41)44(42)61)59(2)54(73)75-26-27-16-17-35(76-53-48(69)46(67)47(68)49(77-53)52(71)72)31(23-27)58-37(64)20-21-56-36(63)15-5-4-10-22-60-38(65)18-19-39(60)66/h6-9,11-14,16-19,23,25,34,40,46-50,53,57,67-70H,4-5,10,15,20-22,24,26H2,1-3H3,(H,56,63)(H,58,64)(H,71,72). The summed E-state index contributed by atoms with van der Waals surface area (Å²) in [7, 11) is 3.19. The highest BCUT2D eigenvalue weighted by atomic mass is 16.7. The number of ether oxygens (including phenoxy) is 5. The maximum absolute atomic E-state index is 14.5. The molecule has 0 aliphatic carbocycles. The number of aromatic amines is 1. The fourth-order valence-corrected chi connectivity index (χ4v) is 11.8. The molecule has 9 unspecified atom stereocenters. The Morgan fingerprint density at radius 3 is 2.29 bits per heavy atom. The van der Waals surface area contributed by atoms with Crippen LogP contribution in [0.1, 0.15) is 57.2 Å². The van der Waals surface area contributed by atoms with Crippen molar-refractivity contribution in [3.8, 4) is 11.6 Å². The van der Waals surface area contributed by atoms with Crippen LogP contribution in [0, 0.1) is 0 Å². The van der Waals surface area contributed by atoms with Crippen molar-refractivity contribution in [1.82, 2.24) is 29.2 Å². The van der Waals surface area contributed by atoms with E-state index in [4.69, 9.17) is 23.7 Å². The number of likely N-dealkylation sites (N-methyl/N-ethyl adjacent to an activating group) is 1. The number of aromatic nitrogens is 3. The second-order valence-corrected chi connectivity index (χ2v) is 20.2. The summed E-state index contributed by atoms with van der Waals surface area (Å²) in [6, 6.07) is 19.5. The highest BCUT2D eigenvalue weighted by Crippen LogP contribution is 2.55. The molecule has 3 aromatic heterocycles. The Morgan fingerprint density at radius 1 is 0.846 bits per heavy atom. The fourth-order valence-electron chi connectivity index (χ4n) is 11.8. The van der Waals surface area contributed by atoms with Crippen LogP contribution in [0.15, 0.2) is 85.1 Å². The van der Waals surface area contributed by atoms with E-state index < -0.39 is 72.8 Å². The highest BCUT2D eigenvalue weighted by Gasteiger charge is 2.55. The summed E-state index contributed by atoms with van der Waals surface area (Å²) in [5.74, 6) is -3.42. The molecule has 7 aromatic rings. The number of aliphatic carboxylic acids is 1. The van der Waals surface area contributed by atoms with Gasteiger partial charge < -0.3 is 78.9 Å². The smallest absolute Gasteiger partial charge is 0.410 e. The maximum Gasteiger partial charge on any atom is 0.410 e. The first-order valence-corrected chi connectivity index (χ1v) is 25.6. The molecule has 0 saturated carbocycles. The number of carbonyl (C=O) groups is 6. The molecular weight excluding hydrogens is 1010 g/mol. The number of hydrogen-bond donors (Lipinski definition) is 8. The van der Waals surface area contributed by atoms with Gasteiger partial charge >= 0.3 is 12.1 Å². The third kappa shape index (κ3) is 8.71. The number of aliphatic hydroxyl groups excluding tert-OH is 3. The molecule has 2 saturated heterocycles. The molecule has 23 heteroatoms. The third-order valence-corrected chi connectivity index (χ3v) is 15.5. The Morgan fingerprint density at radius 2 is 1.56 bits per heavy atom. The number of fused-ring (bicyclic) bond motifs is 13. The number of amides is 5. The van der Waals surface area contributed by atoms with Gasteiger partial charge in [0.2, 0.25) is 18.1 Å². The molecule has 408 valence electrons. The molecular formula is C55H57N7O16. The normalized spacial score (nSPS) is 24.7. The van der Waals surface area contributed by atoms with E-state index in [0.717, 1.165) is 53.9 Å². The molecule has 11 rings (SSSR count). The van der Waals surface area contributed by atoms with Crippen molar-refractivity contribution in [3.63, 3.8) is 0 Å². The van der Waals surface area contributed by atoms with E-state index in [9.17, 15) is 54.3 Å². The molecule has 2 fully saturated rings. The number of imide groups is 1. The van der Waals surface area contributed by atoms with Crippen LogP contribution in [0.25, 0.3) is 54.4 Å². The summed E-state index contributed by atoms with van der Waals surface area (Å²) < 4.78 is 35.2. The quantitative estimate of drug-likeness (QED) is 0.0458. The van der Waals surface area contributed by atoms with Gasteiger partial charge in [-0.3, -0.25) is 24.1 Å². The molecule has 0 spiro atoms. The number of aromatic hydroxyl groups is 1. The summed E-state index contributed by atoms with van der Waals surface area (Å²) in [4.78, 5) is 81.7. The Balaban J connectivity index is 0.827. The number of H-pyrrole nitrogens is 1. The second-order valence-electron chi connectivity index (χ2n) is 20.2. The van der Waals surface area contributed by atoms with Crippen molar-refractivity contribution < 1.29 is 78.0 Å². The van der Waals surface area contributed by atoms with Gasteiger partial charge in [0.15, 0.2) is 17.7 Å². The monoisotopic (exact) mass is 1070 g/mol. The number of rotatable bonds is 17. The van der Waals surface area contributed by atoms with Crippen LogP contribution in [0.2, 0.25) is 0 Å². The van der Waals surface area contributed by atoms with E-state index in [-0.39, 0.29) is 74.0 Å². The van der Waals surface area contributed by atoms with Crippen molar-refractivity contribution in [2.24, 2.45) is 0 Å². The van der Waals surface area contributed by atoms with Crippen molar-refractivity contribution in [3.05, 3.63) is 90.6 Å². The number of carboxylic acid groups (broad SMARTS) is 1. The van der Waals surface area contributed by atoms with Gasteiger partial charge in [-0.1, -0.05) is 48.9 Å². The van der Waals surface area contributed by atoms with E-state index in [0.29, 0.717) is 30.2 Å². The van der Waals surface area contributed by atoms with Crippen LogP contribution < -0.4 is 15.4 Å². The topological polar surface area (TPSA) is 306 Å². The van der Waals surface area contributed by atoms with Gasteiger partial charge in [0.05, 0.1) is 39.2 Å². The zero-order valence-corrected chi connectivity index (χ0v) is 42.6. The molecule has 4 aromatic carbocycles. The van der Waals surface area contributed by atoms with E-state index in [1.165, 1.54) is 35.3 Å². The van der Waals surface area contributed by atoms with Crippen LogP contribution in [0.4, 0.5) is 10.5 Å². The van der Waals surface area contributed by atoms with Gasteiger partial charge in [-0.15, -0.1) is 0 Å². The van der Waals surface area contributed by atoms with Crippen molar-refractivity contribution in [2.45, 2.75) is 107 Å². The number of nitrogens with one attached hydrogen (secondary N) is 3. The number of anilines is 1.